The predicted octanol–water partition coefficient (Wildman–Crippen LogP) is 2.24. The Labute approximate surface area is 142 Å². The third-order valence-corrected chi connectivity index (χ3v) is 4.90. The van der Waals surface area contributed by atoms with Crippen LogP contribution in [0.3, 0.4) is 0 Å². The van der Waals surface area contributed by atoms with E-state index in [1.807, 2.05) is 4.90 Å². The van der Waals surface area contributed by atoms with E-state index in [1.54, 1.807) is 0 Å². The highest BCUT2D eigenvalue weighted by Gasteiger charge is 2.31. The molecule has 132 valence electrons. The minimum atomic E-state index is -0.403. The summed E-state index contributed by atoms with van der Waals surface area (Å²) in [4.78, 5) is 23.8. The molecule has 0 aromatic carbocycles. The summed E-state index contributed by atoms with van der Waals surface area (Å²) in [5.74, 6) is 0.506. The lowest BCUT2D eigenvalue weighted by atomic mass is 9.98. The fourth-order valence-electron chi connectivity index (χ4n) is 3.45. The van der Waals surface area contributed by atoms with Crippen LogP contribution in [-0.4, -0.2) is 58.6 Å². The zero-order valence-electron chi connectivity index (χ0n) is 14.2. The summed E-state index contributed by atoms with van der Waals surface area (Å²) in [7, 11) is 0. The van der Waals surface area contributed by atoms with E-state index in [0.717, 1.165) is 58.4 Å². The Morgan fingerprint density at radius 3 is 2.54 bits per heavy atom. The lowest BCUT2D eigenvalue weighted by Crippen LogP contribution is -2.46. The van der Waals surface area contributed by atoms with E-state index in [0.29, 0.717) is 5.82 Å². The number of hydrogen-bond donors (Lipinski definition) is 0. The molecule has 1 aliphatic heterocycles. The molecule has 0 unspecified atom stereocenters. The quantitative estimate of drug-likeness (QED) is 0.602. The maximum absolute atomic E-state index is 11.7. The molecule has 0 amide bonds. The summed E-state index contributed by atoms with van der Waals surface area (Å²) in [6.07, 6.45) is 6.70. The molecule has 0 atom stereocenters. The molecular weight excluding hydrogens is 310 g/mol. The minimum Gasteiger partial charge on any atom is -0.469 e. The van der Waals surface area contributed by atoms with Gasteiger partial charge in [0.2, 0.25) is 5.82 Å². The van der Waals surface area contributed by atoms with Crippen molar-refractivity contribution in [3.05, 3.63) is 16.4 Å². The standard InChI is InChI=1S/C16H25N5O3/c1-2-19-8-10-20(11-9-19)15-14(21(22)23)16(18-12-17-15)24-13-6-4-3-5-7-13/h12-13H,2-11H2,1H3. The number of hydrogen-bond acceptors (Lipinski definition) is 7. The second-order valence-corrected chi connectivity index (χ2v) is 6.41. The van der Waals surface area contributed by atoms with Gasteiger partial charge in [-0.2, -0.15) is 4.98 Å². The molecule has 0 N–H and O–H groups in total. The Kier molecular flexibility index (Phi) is 5.44. The number of anilines is 1. The minimum absolute atomic E-state index is 0.0251. The molecule has 8 nitrogen and oxygen atoms in total. The second kappa shape index (κ2) is 7.74. The number of aromatic nitrogens is 2. The summed E-state index contributed by atoms with van der Waals surface area (Å²) in [6, 6.07) is 0. The molecule has 2 aliphatic rings. The van der Waals surface area contributed by atoms with Gasteiger partial charge in [0, 0.05) is 26.2 Å². The van der Waals surface area contributed by atoms with Crippen LogP contribution in [0.1, 0.15) is 39.0 Å². The van der Waals surface area contributed by atoms with Crippen molar-refractivity contribution in [1.29, 1.82) is 0 Å². The van der Waals surface area contributed by atoms with Gasteiger partial charge in [0.05, 0.1) is 4.92 Å². The van der Waals surface area contributed by atoms with Crippen LogP contribution in [0.25, 0.3) is 0 Å². The Morgan fingerprint density at radius 2 is 1.92 bits per heavy atom. The number of nitro groups is 1. The van der Waals surface area contributed by atoms with Gasteiger partial charge in [-0.15, -0.1) is 0 Å². The fraction of sp³-hybridized carbons (Fsp3) is 0.750. The molecule has 1 aromatic heterocycles. The van der Waals surface area contributed by atoms with Crippen molar-refractivity contribution in [3.8, 4) is 5.88 Å². The predicted molar refractivity (Wildman–Crippen MR) is 90.5 cm³/mol. The molecule has 3 rings (SSSR count). The lowest BCUT2D eigenvalue weighted by molar-refractivity contribution is -0.385. The molecule has 1 aliphatic carbocycles. The van der Waals surface area contributed by atoms with E-state index in [4.69, 9.17) is 4.74 Å². The van der Waals surface area contributed by atoms with Gasteiger partial charge >= 0.3 is 5.69 Å². The fourth-order valence-corrected chi connectivity index (χ4v) is 3.45. The Morgan fingerprint density at radius 1 is 1.21 bits per heavy atom. The Balaban J connectivity index is 1.81. The SMILES string of the molecule is CCN1CCN(c2ncnc(OC3CCCCC3)c2[N+](=O)[O-])CC1. The first kappa shape index (κ1) is 16.9. The summed E-state index contributed by atoms with van der Waals surface area (Å²) in [5.41, 5.74) is -0.0898. The molecule has 24 heavy (non-hydrogen) atoms. The molecule has 2 fully saturated rings. The Bertz CT molecular complexity index is 569. The van der Waals surface area contributed by atoms with Crippen LogP contribution in [0, 0.1) is 10.1 Å². The van der Waals surface area contributed by atoms with Crippen LogP contribution in [0.15, 0.2) is 6.33 Å². The van der Waals surface area contributed by atoms with Crippen LogP contribution in [-0.2, 0) is 0 Å². The molecule has 8 heteroatoms. The van der Waals surface area contributed by atoms with Crippen LogP contribution < -0.4 is 9.64 Å². The lowest BCUT2D eigenvalue weighted by Gasteiger charge is -2.34. The maximum Gasteiger partial charge on any atom is 0.372 e. The van der Waals surface area contributed by atoms with E-state index < -0.39 is 4.92 Å². The van der Waals surface area contributed by atoms with Crippen molar-refractivity contribution in [3.63, 3.8) is 0 Å². The molecule has 1 aromatic rings. The van der Waals surface area contributed by atoms with Gasteiger partial charge in [-0.25, -0.2) is 4.98 Å². The van der Waals surface area contributed by atoms with Gasteiger partial charge in [0.25, 0.3) is 5.88 Å². The van der Waals surface area contributed by atoms with E-state index in [9.17, 15) is 10.1 Å². The third kappa shape index (κ3) is 3.75. The largest absolute Gasteiger partial charge is 0.469 e. The monoisotopic (exact) mass is 335 g/mol. The van der Waals surface area contributed by atoms with Crippen LogP contribution in [0.2, 0.25) is 0 Å². The first-order valence-electron chi connectivity index (χ1n) is 8.82. The van der Waals surface area contributed by atoms with Crippen LogP contribution >= 0.6 is 0 Å². The van der Waals surface area contributed by atoms with Gasteiger partial charge in [-0.05, 0) is 32.2 Å². The van der Waals surface area contributed by atoms with Crippen molar-refractivity contribution in [1.82, 2.24) is 14.9 Å². The van der Waals surface area contributed by atoms with E-state index >= 15 is 0 Å². The van der Waals surface area contributed by atoms with Crippen molar-refractivity contribution in [2.45, 2.75) is 45.1 Å². The Hall–Kier alpha value is -1.96. The first-order valence-corrected chi connectivity index (χ1v) is 8.82. The topological polar surface area (TPSA) is 84.6 Å². The van der Waals surface area contributed by atoms with Crippen molar-refractivity contribution < 1.29 is 9.66 Å². The number of piperazine rings is 1. The highest BCUT2D eigenvalue weighted by Crippen LogP contribution is 2.35. The average Bonchev–Trinajstić information content (AvgIpc) is 2.62. The zero-order chi connectivity index (χ0) is 16.9. The van der Waals surface area contributed by atoms with Crippen LogP contribution in [0.4, 0.5) is 11.5 Å². The number of nitrogens with zero attached hydrogens (tertiary/aromatic N) is 5. The van der Waals surface area contributed by atoms with Crippen molar-refractivity contribution in [2.75, 3.05) is 37.6 Å². The number of ether oxygens (including phenoxy) is 1. The van der Waals surface area contributed by atoms with E-state index in [-0.39, 0.29) is 17.7 Å². The highest BCUT2D eigenvalue weighted by atomic mass is 16.6. The molecule has 1 saturated carbocycles. The summed E-state index contributed by atoms with van der Waals surface area (Å²) in [6.45, 7) is 6.35. The van der Waals surface area contributed by atoms with Crippen LogP contribution in [0.5, 0.6) is 5.88 Å². The summed E-state index contributed by atoms with van der Waals surface area (Å²) >= 11 is 0. The maximum atomic E-state index is 11.7. The third-order valence-electron chi connectivity index (χ3n) is 4.90. The molecule has 0 bridgehead atoms. The normalized spacial score (nSPS) is 20.1. The van der Waals surface area contributed by atoms with Gasteiger partial charge in [0.1, 0.15) is 12.4 Å². The van der Waals surface area contributed by atoms with Gasteiger partial charge < -0.3 is 14.5 Å². The summed E-state index contributed by atoms with van der Waals surface area (Å²) < 4.78 is 5.89. The molecule has 0 spiro atoms. The summed E-state index contributed by atoms with van der Waals surface area (Å²) in [5, 5.41) is 11.7. The molecule has 2 heterocycles. The van der Waals surface area contributed by atoms with Gasteiger partial charge in [0.15, 0.2) is 0 Å². The van der Waals surface area contributed by atoms with Gasteiger partial charge in [-0.1, -0.05) is 13.3 Å². The molecule has 0 radical (unpaired) electrons. The number of rotatable bonds is 5. The van der Waals surface area contributed by atoms with Gasteiger partial charge in [-0.3, -0.25) is 10.1 Å². The van der Waals surface area contributed by atoms with Crippen molar-refractivity contribution >= 4 is 11.5 Å². The zero-order valence-corrected chi connectivity index (χ0v) is 14.2. The molecule has 1 saturated heterocycles. The number of likely N-dealkylation sites (N-methyl/N-ethyl adjacent to an activating group) is 1. The smallest absolute Gasteiger partial charge is 0.372 e. The second-order valence-electron chi connectivity index (χ2n) is 6.41. The average molecular weight is 335 g/mol. The first-order chi connectivity index (χ1) is 11.7. The highest BCUT2D eigenvalue weighted by molar-refractivity contribution is 5.63. The van der Waals surface area contributed by atoms with E-state index in [2.05, 4.69) is 21.8 Å². The molecular formula is C16H25N5O3. The van der Waals surface area contributed by atoms with E-state index in [1.165, 1.54) is 12.7 Å². The van der Waals surface area contributed by atoms with Crippen molar-refractivity contribution in [2.24, 2.45) is 0 Å².